The molecule has 1 aromatic heterocycles. The Morgan fingerprint density at radius 2 is 2.29 bits per heavy atom. The number of ether oxygens (including phenoxy) is 1. The van der Waals surface area contributed by atoms with Crippen molar-refractivity contribution < 1.29 is 28.5 Å². The molecule has 2 heterocycles. The lowest BCUT2D eigenvalue weighted by atomic mass is 10.1. The fraction of sp³-hybridized carbons (Fsp3) is 0.545. The van der Waals surface area contributed by atoms with Crippen molar-refractivity contribution in [2.45, 2.75) is 31.3 Å². The monoisotopic (exact) mass is 305 g/mol. The van der Waals surface area contributed by atoms with Crippen LogP contribution in [0.2, 0.25) is 0 Å². The van der Waals surface area contributed by atoms with Crippen LogP contribution in [0.1, 0.15) is 13.2 Å². The largest absolute Gasteiger partial charge is 0.394 e. The fourth-order valence-electron chi connectivity index (χ4n) is 1.96. The number of aromatic nitrogens is 2. The zero-order valence-electron chi connectivity index (χ0n) is 10.9. The molecule has 1 fully saturated rings. The number of aliphatic hydroxyl groups is 2. The van der Waals surface area contributed by atoms with Crippen molar-refractivity contribution in [1.82, 2.24) is 9.55 Å². The molecular formula is C11H13F2N3O5. The van der Waals surface area contributed by atoms with E-state index in [9.17, 15) is 23.5 Å². The second kappa shape index (κ2) is 5.47. The Morgan fingerprint density at radius 3 is 2.76 bits per heavy atom. The van der Waals surface area contributed by atoms with Crippen molar-refractivity contribution in [2.24, 2.45) is 0 Å². The molecule has 10 heteroatoms. The number of nitrogens with zero attached hydrogens (tertiary/aromatic N) is 2. The van der Waals surface area contributed by atoms with E-state index in [4.69, 9.17) is 9.84 Å². The molecule has 1 saturated heterocycles. The summed E-state index contributed by atoms with van der Waals surface area (Å²) in [5.74, 6) is -4.34. The van der Waals surface area contributed by atoms with E-state index in [1.807, 2.05) is 0 Å². The third-order valence-electron chi connectivity index (χ3n) is 2.95. The lowest BCUT2D eigenvalue weighted by Gasteiger charge is -2.21. The van der Waals surface area contributed by atoms with Crippen molar-refractivity contribution >= 4 is 11.7 Å². The van der Waals surface area contributed by atoms with Gasteiger partial charge in [-0.3, -0.25) is 9.36 Å². The van der Waals surface area contributed by atoms with Gasteiger partial charge >= 0.3 is 11.6 Å². The van der Waals surface area contributed by atoms with Crippen LogP contribution in [0.3, 0.4) is 0 Å². The van der Waals surface area contributed by atoms with Gasteiger partial charge in [0.25, 0.3) is 0 Å². The summed E-state index contributed by atoms with van der Waals surface area (Å²) in [4.78, 5) is 26.0. The van der Waals surface area contributed by atoms with E-state index in [1.165, 1.54) is 6.92 Å². The number of hydrogen-bond acceptors (Lipinski definition) is 6. The Bertz CT molecular complexity index is 606. The summed E-state index contributed by atoms with van der Waals surface area (Å²) in [5, 5.41) is 20.5. The Kier molecular flexibility index (Phi) is 4.03. The van der Waals surface area contributed by atoms with Gasteiger partial charge in [-0.25, -0.2) is 4.79 Å². The van der Waals surface area contributed by atoms with Crippen LogP contribution in [0.25, 0.3) is 0 Å². The summed E-state index contributed by atoms with van der Waals surface area (Å²) in [6, 6.07) is 1.14. The third-order valence-corrected chi connectivity index (χ3v) is 2.95. The number of aliphatic hydroxyl groups excluding tert-OH is 2. The summed E-state index contributed by atoms with van der Waals surface area (Å²) in [7, 11) is 0. The summed E-state index contributed by atoms with van der Waals surface area (Å²) in [6.45, 7) is 0.378. The van der Waals surface area contributed by atoms with Crippen molar-refractivity contribution in [3.05, 3.63) is 22.7 Å². The van der Waals surface area contributed by atoms with Gasteiger partial charge in [-0.1, -0.05) is 0 Å². The molecule has 0 aliphatic carbocycles. The quantitative estimate of drug-likeness (QED) is 0.666. The fourth-order valence-corrected chi connectivity index (χ4v) is 1.96. The van der Waals surface area contributed by atoms with Crippen molar-refractivity contribution in [3.8, 4) is 0 Å². The van der Waals surface area contributed by atoms with Crippen LogP contribution >= 0.6 is 0 Å². The third kappa shape index (κ3) is 2.77. The average molecular weight is 305 g/mol. The highest BCUT2D eigenvalue weighted by molar-refractivity contribution is 5.87. The molecular weight excluding hydrogens is 292 g/mol. The number of amides is 1. The minimum atomic E-state index is -3.77. The second-order valence-electron chi connectivity index (χ2n) is 4.51. The normalized spacial score (nSPS) is 27.6. The molecule has 3 N–H and O–H groups in total. The van der Waals surface area contributed by atoms with Crippen LogP contribution in [-0.2, 0) is 9.53 Å². The zero-order valence-corrected chi connectivity index (χ0v) is 10.9. The molecule has 0 aromatic carbocycles. The molecule has 1 unspecified atom stereocenters. The first-order valence-corrected chi connectivity index (χ1v) is 5.96. The van der Waals surface area contributed by atoms with E-state index in [2.05, 4.69) is 10.3 Å². The summed E-state index contributed by atoms with van der Waals surface area (Å²) in [6.07, 6.45) is -4.87. The standard InChI is InChI=1S/C11H13F2N3O5/c1-5(18)14-7-2-3-16(10(20)15-7)9-11(12,13)8(19)6(4-17)21-9/h2-3,6,8-9,17,19H,4H2,1H3,(H,14,15,18,20)/t6-,8-,9?/m1/s1. The van der Waals surface area contributed by atoms with Gasteiger partial charge in [0.1, 0.15) is 11.9 Å². The van der Waals surface area contributed by atoms with Crippen LogP contribution in [0.15, 0.2) is 17.1 Å². The maximum absolute atomic E-state index is 13.9. The molecule has 0 saturated carbocycles. The summed E-state index contributed by atoms with van der Waals surface area (Å²) in [5.41, 5.74) is -1.09. The first kappa shape index (κ1) is 15.5. The highest BCUT2D eigenvalue weighted by atomic mass is 19.3. The predicted molar refractivity (Wildman–Crippen MR) is 64.8 cm³/mol. The zero-order chi connectivity index (χ0) is 15.8. The van der Waals surface area contributed by atoms with E-state index < -0.39 is 42.6 Å². The molecule has 3 atom stereocenters. The van der Waals surface area contributed by atoms with E-state index in [0.29, 0.717) is 4.57 Å². The van der Waals surface area contributed by atoms with Crippen molar-refractivity contribution in [2.75, 3.05) is 11.9 Å². The minimum Gasteiger partial charge on any atom is -0.394 e. The van der Waals surface area contributed by atoms with Gasteiger partial charge in [0.15, 0.2) is 6.10 Å². The van der Waals surface area contributed by atoms with Crippen LogP contribution in [0.5, 0.6) is 0 Å². The molecule has 116 valence electrons. The summed E-state index contributed by atoms with van der Waals surface area (Å²) < 4.78 is 33.0. The molecule has 8 nitrogen and oxygen atoms in total. The highest BCUT2D eigenvalue weighted by Crippen LogP contribution is 2.41. The van der Waals surface area contributed by atoms with Gasteiger partial charge in [-0.2, -0.15) is 13.8 Å². The molecule has 0 spiro atoms. The molecule has 1 aliphatic rings. The maximum Gasteiger partial charge on any atom is 0.351 e. The molecule has 1 aromatic rings. The van der Waals surface area contributed by atoms with Crippen LogP contribution < -0.4 is 11.0 Å². The van der Waals surface area contributed by atoms with Crippen molar-refractivity contribution in [1.29, 1.82) is 0 Å². The van der Waals surface area contributed by atoms with Crippen molar-refractivity contribution in [3.63, 3.8) is 0 Å². The Labute approximate surface area is 117 Å². The van der Waals surface area contributed by atoms with Gasteiger partial charge in [-0.05, 0) is 6.07 Å². The minimum absolute atomic E-state index is 0.0932. The van der Waals surface area contributed by atoms with E-state index in [0.717, 1.165) is 12.3 Å². The Balaban J connectivity index is 2.34. The molecule has 0 radical (unpaired) electrons. The number of rotatable bonds is 3. The number of carbonyl (C=O) groups excluding carboxylic acids is 1. The maximum atomic E-state index is 13.9. The molecule has 1 amide bonds. The van der Waals surface area contributed by atoms with Gasteiger partial charge in [0.05, 0.1) is 6.61 Å². The number of carbonyl (C=O) groups is 1. The lowest BCUT2D eigenvalue weighted by molar-refractivity contribution is -0.141. The predicted octanol–water partition coefficient (Wildman–Crippen LogP) is -0.912. The average Bonchev–Trinajstić information content (AvgIpc) is 2.61. The van der Waals surface area contributed by atoms with Gasteiger partial charge in [0, 0.05) is 13.1 Å². The van der Waals surface area contributed by atoms with Gasteiger partial charge < -0.3 is 20.3 Å². The van der Waals surface area contributed by atoms with Gasteiger partial charge in [0.2, 0.25) is 12.1 Å². The van der Waals surface area contributed by atoms with E-state index in [1.54, 1.807) is 0 Å². The second-order valence-corrected chi connectivity index (χ2v) is 4.51. The SMILES string of the molecule is CC(=O)Nc1ccn(C2O[C@H](CO)[C@@H](O)C2(F)F)c(=O)n1. The first-order valence-electron chi connectivity index (χ1n) is 5.96. The highest BCUT2D eigenvalue weighted by Gasteiger charge is 2.59. The number of halogens is 2. The van der Waals surface area contributed by atoms with Crippen LogP contribution in [-0.4, -0.2) is 50.4 Å². The van der Waals surface area contributed by atoms with E-state index in [-0.39, 0.29) is 5.82 Å². The molecule has 0 bridgehead atoms. The molecule has 1 aliphatic heterocycles. The first-order chi connectivity index (χ1) is 9.77. The summed E-state index contributed by atoms with van der Waals surface area (Å²) >= 11 is 0. The number of nitrogens with one attached hydrogen (secondary N) is 1. The number of anilines is 1. The Morgan fingerprint density at radius 1 is 1.62 bits per heavy atom. The molecule has 2 rings (SSSR count). The number of hydrogen-bond donors (Lipinski definition) is 3. The van der Waals surface area contributed by atoms with Crippen LogP contribution in [0.4, 0.5) is 14.6 Å². The lowest BCUT2D eigenvalue weighted by Crippen LogP contribution is -2.41. The topological polar surface area (TPSA) is 114 Å². The van der Waals surface area contributed by atoms with Gasteiger partial charge in [-0.15, -0.1) is 0 Å². The number of alkyl halides is 2. The Hall–Kier alpha value is -1.91. The van der Waals surface area contributed by atoms with Crippen LogP contribution in [0, 0.1) is 0 Å². The van der Waals surface area contributed by atoms with E-state index >= 15 is 0 Å². The smallest absolute Gasteiger partial charge is 0.351 e. The molecule has 21 heavy (non-hydrogen) atoms.